The number of carbonyl (C=O) groups excluding carboxylic acids is 1. The van der Waals surface area contributed by atoms with E-state index in [1.54, 1.807) is 18.2 Å². The van der Waals surface area contributed by atoms with Crippen LogP contribution >= 0.6 is 23.2 Å². The number of benzene rings is 2. The average molecular weight is 447 g/mol. The lowest BCUT2D eigenvalue weighted by atomic mass is 9.70. The van der Waals surface area contributed by atoms with Crippen molar-refractivity contribution < 1.29 is 19.4 Å². The molecule has 0 radical (unpaired) electrons. The van der Waals surface area contributed by atoms with Gasteiger partial charge in [-0.1, -0.05) is 66.5 Å². The third-order valence-electron chi connectivity index (χ3n) is 5.49. The lowest BCUT2D eigenvalue weighted by molar-refractivity contribution is -0.142. The van der Waals surface area contributed by atoms with Crippen molar-refractivity contribution in [2.75, 3.05) is 13.7 Å². The number of halogens is 2. The maximum atomic E-state index is 11.3. The summed E-state index contributed by atoms with van der Waals surface area (Å²) in [6, 6.07) is 13.2. The van der Waals surface area contributed by atoms with E-state index in [1.165, 1.54) is 7.11 Å². The van der Waals surface area contributed by atoms with Gasteiger partial charge in [0, 0.05) is 15.6 Å². The van der Waals surface area contributed by atoms with E-state index in [0.29, 0.717) is 28.6 Å². The zero-order valence-electron chi connectivity index (χ0n) is 17.0. The van der Waals surface area contributed by atoms with Gasteiger partial charge in [-0.15, -0.1) is 0 Å². The molecule has 0 saturated carbocycles. The van der Waals surface area contributed by atoms with E-state index in [1.807, 2.05) is 36.4 Å². The molecule has 2 aromatic rings. The molecule has 0 fully saturated rings. The van der Waals surface area contributed by atoms with Crippen LogP contribution in [0.2, 0.25) is 10.0 Å². The Morgan fingerprint density at radius 3 is 2.43 bits per heavy atom. The van der Waals surface area contributed by atoms with Gasteiger partial charge in [0.15, 0.2) is 6.61 Å². The maximum Gasteiger partial charge on any atom is 0.343 e. The second kappa shape index (κ2) is 9.59. The van der Waals surface area contributed by atoms with Crippen molar-refractivity contribution in [3.05, 3.63) is 81.5 Å². The van der Waals surface area contributed by atoms with Crippen LogP contribution in [-0.2, 0) is 16.0 Å². The minimum atomic E-state index is -0.483. The van der Waals surface area contributed by atoms with Crippen molar-refractivity contribution in [1.82, 2.24) is 0 Å². The fourth-order valence-corrected chi connectivity index (χ4v) is 4.22. The van der Waals surface area contributed by atoms with Crippen molar-refractivity contribution in [2.45, 2.75) is 26.2 Å². The number of aliphatic hydroxyl groups is 1. The number of ether oxygens (including phenoxy) is 2. The maximum absolute atomic E-state index is 11.3. The molecule has 30 heavy (non-hydrogen) atoms. The summed E-state index contributed by atoms with van der Waals surface area (Å²) in [5.74, 6) is 0.212. The molecular weight excluding hydrogens is 423 g/mol. The summed E-state index contributed by atoms with van der Waals surface area (Å²) in [7, 11) is 1.30. The third-order valence-corrected chi connectivity index (χ3v) is 6.16. The Morgan fingerprint density at radius 2 is 1.83 bits per heavy atom. The second-order valence-corrected chi connectivity index (χ2v) is 8.18. The number of aliphatic hydroxyl groups excluding tert-OH is 1. The minimum Gasteiger partial charge on any atom is -0.508 e. The summed E-state index contributed by atoms with van der Waals surface area (Å²) in [4.78, 5) is 11.3. The number of rotatable bonds is 7. The van der Waals surface area contributed by atoms with Crippen molar-refractivity contribution in [3.8, 4) is 5.75 Å². The van der Waals surface area contributed by atoms with Crippen molar-refractivity contribution in [3.63, 3.8) is 0 Å². The summed E-state index contributed by atoms with van der Waals surface area (Å²) in [6.07, 6.45) is 5.94. The van der Waals surface area contributed by atoms with Crippen LogP contribution in [0.1, 0.15) is 30.9 Å². The number of hydrogen-bond donors (Lipinski definition) is 1. The van der Waals surface area contributed by atoms with E-state index in [2.05, 4.69) is 11.7 Å². The molecule has 0 saturated heterocycles. The van der Waals surface area contributed by atoms with E-state index in [9.17, 15) is 9.90 Å². The fourth-order valence-electron chi connectivity index (χ4n) is 3.62. The van der Waals surface area contributed by atoms with Crippen LogP contribution in [0.3, 0.4) is 0 Å². The Morgan fingerprint density at radius 1 is 1.17 bits per heavy atom. The molecule has 0 bridgehead atoms. The minimum absolute atomic E-state index is 0.214. The number of hydrogen-bond acceptors (Lipinski definition) is 4. The highest BCUT2D eigenvalue weighted by Gasteiger charge is 2.33. The summed E-state index contributed by atoms with van der Waals surface area (Å²) >= 11 is 13.1. The van der Waals surface area contributed by atoms with E-state index < -0.39 is 5.97 Å². The number of allylic oxidation sites excluding steroid dienone is 3. The zero-order chi connectivity index (χ0) is 21.7. The summed E-state index contributed by atoms with van der Waals surface area (Å²) < 4.78 is 9.99. The number of esters is 1. The predicted octanol–water partition coefficient (Wildman–Crippen LogP) is 6.41. The molecule has 2 aromatic carbocycles. The van der Waals surface area contributed by atoms with Crippen LogP contribution in [0, 0.1) is 5.41 Å². The van der Waals surface area contributed by atoms with Gasteiger partial charge < -0.3 is 14.6 Å². The first-order valence-corrected chi connectivity index (χ1v) is 10.5. The molecule has 1 aliphatic carbocycles. The number of methoxy groups -OCH3 is 1. The van der Waals surface area contributed by atoms with E-state index in [-0.39, 0.29) is 17.8 Å². The standard InChI is InChI=1S/C24H24Cl2O4/c1-3-24(10-9-22(27)18(13-24)16-7-5-4-6-8-16)14-19-20(25)11-17(12-21(19)26)30-15-23(28)29-2/h4-12,27H,3,13-15H2,1-2H3. The van der Waals surface area contributed by atoms with Gasteiger partial charge in [-0.05, 0) is 54.0 Å². The topological polar surface area (TPSA) is 55.8 Å². The van der Waals surface area contributed by atoms with Crippen molar-refractivity contribution in [1.29, 1.82) is 0 Å². The Labute approximate surface area is 186 Å². The Bertz CT molecular complexity index is 959. The van der Waals surface area contributed by atoms with Gasteiger partial charge in [0.1, 0.15) is 11.5 Å². The highest BCUT2D eigenvalue weighted by Crippen LogP contribution is 2.45. The molecule has 0 aromatic heterocycles. The second-order valence-electron chi connectivity index (χ2n) is 7.36. The van der Waals surface area contributed by atoms with E-state index >= 15 is 0 Å². The Hall–Kier alpha value is -2.43. The van der Waals surface area contributed by atoms with Gasteiger partial charge in [0.2, 0.25) is 0 Å². The normalized spacial score (nSPS) is 18.4. The fraction of sp³-hybridized carbons (Fsp3) is 0.292. The number of carbonyl (C=O) groups is 1. The molecular formula is C24H24Cl2O4. The first-order valence-electron chi connectivity index (χ1n) is 9.72. The molecule has 0 aliphatic heterocycles. The monoisotopic (exact) mass is 446 g/mol. The van der Waals surface area contributed by atoms with Gasteiger partial charge in [-0.3, -0.25) is 0 Å². The molecule has 1 N–H and O–H groups in total. The Balaban J connectivity index is 1.85. The summed E-state index contributed by atoms with van der Waals surface area (Å²) in [5, 5.41) is 11.4. The molecule has 4 nitrogen and oxygen atoms in total. The van der Waals surface area contributed by atoms with E-state index in [4.69, 9.17) is 27.9 Å². The van der Waals surface area contributed by atoms with Gasteiger partial charge >= 0.3 is 5.97 Å². The van der Waals surface area contributed by atoms with Crippen LogP contribution in [0.5, 0.6) is 5.75 Å². The average Bonchev–Trinajstić information content (AvgIpc) is 2.76. The smallest absolute Gasteiger partial charge is 0.343 e. The van der Waals surface area contributed by atoms with Gasteiger partial charge in [0.25, 0.3) is 0 Å². The Kier molecular flexibility index (Phi) is 7.11. The highest BCUT2D eigenvalue weighted by molar-refractivity contribution is 6.36. The van der Waals surface area contributed by atoms with Gasteiger partial charge in [-0.2, -0.15) is 0 Å². The molecule has 158 valence electrons. The van der Waals surface area contributed by atoms with Gasteiger partial charge in [0.05, 0.1) is 7.11 Å². The molecule has 0 spiro atoms. The van der Waals surface area contributed by atoms with Gasteiger partial charge in [-0.25, -0.2) is 4.79 Å². The van der Waals surface area contributed by atoms with Crippen LogP contribution in [0.4, 0.5) is 0 Å². The third kappa shape index (κ3) is 5.00. The SMILES string of the molecule is CCC1(Cc2c(Cl)cc(OCC(=O)OC)cc2Cl)C=CC(O)=C(c2ccccc2)C1. The molecule has 0 heterocycles. The molecule has 0 amide bonds. The van der Waals surface area contributed by atoms with Crippen LogP contribution in [-0.4, -0.2) is 24.8 Å². The first kappa shape index (κ1) is 22.3. The lowest BCUT2D eigenvalue weighted by Gasteiger charge is -2.34. The largest absolute Gasteiger partial charge is 0.508 e. The molecule has 1 atom stereocenters. The van der Waals surface area contributed by atoms with Crippen molar-refractivity contribution >= 4 is 34.7 Å². The predicted molar refractivity (Wildman–Crippen MR) is 120 cm³/mol. The highest BCUT2D eigenvalue weighted by atomic mass is 35.5. The zero-order valence-corrected chi connectivity index (χ0v) is 18.5. The van der Waals surface area contributed by atoms with Crippen LogP contribution in [0.15, 0.2) is 60.4 Å². The van der Waals surface area contributed by atoms with Crippen LogP contribution in [0.25, 0.3) is 5.57 Å². The van der Waals surface area contributed by atoms with Crippen LogP contribution < -0.4 is 4.74 Å². The van der Waals surface area contributed by atoms with E-state index in [0.717, 1.165) is 23.1 Å². The first-order chi connectivity index (χ1) is 14.4. The molecule has 3 rings (SSSR count). The molecule has 1 aliphatic rings. The lowest BCUT2D eigenvalue weighted by Crippen LogP contribution is -2.24. The summed E-state index contributed by atoms with van der Waals surface area (Å²) in [5.41, 5.74) is 2.48. The molecule has 1 unspecified atom stereocenters. The summed E-state index contributed by atoms with van der Waals surface area (Å²) in [6.45, 7) is 1.90. The van der Waals surface area contributed by atoms with Crippen molar-refractivity contribution in [2.24, 2.45) is 5.41 Å². The quantitative estimate of drug-likeness (QED) is 0.498. The molecule has 6 heteroatoms.